The Morgan fingerprint density at radius 2 is 2.00 bits per heavy atom. The van der Waals surface area contributed by atoms with E-state index in [1.165, 1.54) is 0 Å². The molecule has 0 aliphatic heterocycles. The van der Waals surface area contributed by atoms with Crippen LogP contribution in [0.1, 0.15) is 21.5 Å². The largest absolute Gasteiger partial charge is 0.496 e. The van der Waals surface area contributed by atoms with Gasteiger partial charge in [0.1, 0.15) is 24.2 Å². The van der Waals surface area contributed by atoms with Crippen molar-refractivity contribution in [3.05, 3.63) is 59.2 Å². The quantitative estimate of drug-likeness (QED) is 0.819. The van der Waals surface area contributed by atoms with Crippen LogP contribution in [0.25, 0.3) is 0 Å². The highest BCUT2D eigenvalue weighted by molar-refractivity contribution is 5.94. The summed E-state index contributed by atoms with van der Waals surface area (Å²) in [6.07, 6.45) is -0.790. The summed E-state index contributed by atoms with van der Waals surface area (Å²) in [6, 6.07) is 12.8. The minimum absolute atomic E-state index is 0.112. The summed E-state index contributed by atoms with van der Waals surface area (Å²) in [4.78, 5) is 12.1. The van der Waals surface area contributed by atoms with Crippen molar-refractivity contribution in [2.75, 3.05) is 20.3 Å². The first-order valence-corrected chi connectivity index (χ1v) is 7.80. The Balaban J connectivity index is 1.82. The van der Waals surface area contributed by atoms with Gasteiger partial charge in [0.2, 0.25) is 0 Å². The molecule has 2 aromatic rings. The number of methoxy groups -OCH3 is 1. The second-order valence-corrected chi connectivity index (χ2v) is 5.68. The Bertz CT molecular complexity index is 700. The summed E-state index contributed by atoms with van der Waals surface area (Å²) < 4.78 is 10.7. The summed E-state index contributed by atoms with van der Waals surface area (Å²) in [5.74, 6) is 1.09. The summed E-state index contributed by atoms with van der Waals surface area (Å²) in [5.41, 5.74) is 2.54. The maximum absolute atomic E-state index is 12.1. The molecule has 5 heteroatoms. The fourth-order valence-corrected chi connectivity index (χ4v) is 2.23. The molecule has 1 amide bonds. The van der Waals surface area contributed by atoms with E-state index in [9.17, 15) is 9.90 Å². The molecule has 0 fully saturated rings. The van der Waals surface area contributed by atoms with Crippen molar-refractivity contribution in [1.82, 2.24) is 5.32 Å². The summed E-state index contributed by atoms with van der Waals surface area (Å²) in [5, 5.41) is 12.6. The van der Waals surface area contributed by atoms with Gasteiger partial charge >= 0.3 is 0 Å². The van der Waals surface area contributed by atoms with Crippen molar-refractivity contribution in [1.29, 1.82) is 0 Å². The molecule has 5 nitrogen and oxygen atoms in total. The van der Waals surface area contributed by atoms with Crippen LogP contribution in [0.4, 0.5) is 0 Å². The average Bonchev–Trinajstić information content (AvgIpc) is 2.58. The zero-order valence-electron chi connectivity index (χ0n) is 14.2. The van der Waals surface area contributed by atoms with Crippen LogP contribution in [-0.4, -0.2) is 37.4 Å². The lowest BCUT2D eigenvalue weighted by Crippen LogP contribution is -2.35. The normalized spacial score (nSPS) is 11.7. The maximum Gasteiger partial charge on any atom is 0.251 e. The zero-order valence-corrected chi connectivity index (χ0v) is 14.2. The van der Waals surface area contributed by atoms with Crippen molar-refractivity contribution in [2.24, 2.45) is 0 Å². The minimum atomic E-state index is -0.790. The molecule has 0 bridgehead atoms. The number of carbonyl (C=O) groups is 1. The molecular formula is C19H23NO4. The summed E-state index contributed by atoms with van der Waals surface area (Å²) in [7, 11) is 1.57. The lowest BCUT2D eigenvalue weighted by atomic mass is 10.1. The predicted octanol–water partition coefficient (Wildman–Crippen LogP) is 2.48. The van der Waals surface area contributed by atoms with Gasteiger partial charge in [-0.15, -0.1) is 0 Å². The van der Waals surface area contributed by atoms with Crippen molar-refractivity contribution < 1.29 is 19.4 Å². The van der Waals surface area contributed by atoms with Crippen LogP contribution in [-0.2, 0) is 0 Å². The molecule has 0 spiro atoms. The number of hydrogen-bond acceptors (Lipinski definition) is 4. The molecule has 0 heterocycles. The fourth-order valence-electron chi connectivity index (χ4n) is 2.23. The predicted molar refractivity (Wildman–Crippen MR) is 92.7 cm³/mol. The molecule has 0 saturated heterocycles. The highest BCUT2D eigenvalue weighted by atomic mass is 16.5. The van der Waals surface area contributed by atoms with Crippen LogP contribution in [0, 0.1) is 13.8 Å². The molecule has 24 heavy (non-hydrogen) atoms. The van der Waals surface area contributed by atoms with E-state index >= 15 is 0 Å². The van der Waals surface area contributed by atoms with Crippen LogP contribution < -0.4 is 14.8 Å². The third-order valence-corrected chi connectivity index (χ3v) is 3.60. The fraction of sp³-hybridized carbons (Fsp3) is 0.316. The number of ether oxygens (including phenoxy) is 2. The molecule has 0 aromatic heterocycles. The molecule has 128 valence electrons. The monoisotopic (exact) mass is 329 g/mol. The van der Waals surface area contributed by atoms with Crippen LogP contribution in [0.3, 0.4) is 0 Å². The van der Waals surface area contributed by atoms with Crippen molar-refractivity contribution in [3.8, 4) is 11.5 Å². The molecule has 2 rings (SSSR count). The SMILES string of the molecule is COc1cc(C(=O)NC[C@@H](O)COc2cccc(C)c2)ccc1C. The molecule has 1 atom stereocenters. The van der Waals surface area contributed by atoms with Crippen molar-refractivity contribution in [3.63, 3.8) is 0 Å². The molecule has 0 radical (unpaired) electrons. The maximum atomic E-state index is 12.1. The van der Waals surface area contributed by atoms with Gasteiger partial charge in [0.05, 0.1) is 7.11 Å². The molecule has 0 saturated carbocycles. The lowest BCUT2D eigenvalue weighted by molar-refractivity contribution is 0.0843. The number of rotatable bonds is 7. The first kappa shape index (κ1) is 17.8. The number of aliphatic hydroxyl groups is 1. The second kappa shape index (κ2) is 8.36. The van der Waals surface area contributed by atoms with E-state index in [2.05, 4.69) is 5.32 Å². The zero-order chi connectivity index (χ0) is 17.5. The highest BCUT2D eigenvalue weighted by Crippen LogP contribution is 2.18. The van der Waals surface area contributed by atoms with E-state index < -0.39 is 6.10 Å². The van der Waals surface area contributed by atoms with E-state index in [0.717, 1.165) is 11.1 Å². The Kier molecular flexibility index (Phi) is 6.21. The Labute approximate surface area is 142 Å². The van der Waals surface area contributed by atoms with Crippen LogP contribution in [0.5, 0.6) is 11.5 Å². The van der Waals surface area contributed by atoms with Gasteiger partial charge in [-0.3, -0.25) is 4.79 Å². The molecule has 2 aromatic carbocycles. The van der Waals surface area contributed by atoms with Gasteiger partial charge < -0.3 is 19.9 Å². The van der Waals surface area contributed by atoms with Crippen LogP contribution in [0.2, 0.25) is 0 Å². The second-order valence-electron chi connectivity index (χ2n) is 5.68. The van der Waals surface area contributed by atoms with E-state index in [1.54, 1.807) is 19.2 Å². The number of aliphatic hydroxyl groups excluding tert-OH is 1. The number of aryl methyl sites for hydroxylation is 2. The Morgan fingerprint density at radius 1 is 1.21 bits per heavy atom. The molecular weight excluding hydrogens is 306 g/mol. The van der Waals surface area contributed by atoms with Crippen molar-refractivity contribution >= 4 is 5.91 Å². The molecule has 0 aliphatic carbocycles. The highest BCUT2D eigenvalue weighted by Gasteiger charge is 2.11. The number of benzene rings is 2. The molecule has 0 aliphatic rings. The first-order chi connectivity index (χ1) is 11.5. The molecule has 0 unspecified atom stereocenters. The first-order valence-electron chi connectivity index (χ1n) is 7.80. The van der Waals surface area contributed by atoms with Gasteiger partial charge in [-0.1, -0.05) is 18.2 Å². The topological polar surface area (TPSA) is 67.8 Å². The average molecular weight is 329 g/mol. The number of nitrogens with one attached hydrogen (secondary N) is 1. The van der Waals surface area contributed by atoms with Gasteiger partial charge in [0.25, 0.3) is 5.91 Å². The van der Waals surface area contributed by atoms with E-state index in [-0.39, 0.29) is 19.1 Å². The number of amides is 1. The van der Waals surface area contributed by atoms with Gasteiger partial charge in [0, 0.05) is 12.1 Å². The lowest BCUT2D eigenvalue weighted by Gasteiger charge is -2.14. The smallest absolute Gasteiger partial charge is 0.251 e. The van der Waals surface area contributed by atoms with Crippen LogP contribution >= 0.6 is 0 Å². The van der Waals surface area contributed by atoms with E-state index in [4.69, 9.17) is 9.47 Å². The Hall–Kier alpha value is -2.53. The number of hydrogen-bond donors (Lipinski definition) is 2. The number of carbonyl (C=O) groups excluding carboxylic acids is 1. The van der Waals surface area contributed by atoms with E-state index in [1.807, 2.05) is 44.2 Å². The Morgan fingerprint density at radius 3 is 2.71 bits per heavy atom. The van der Waals surface area contributed by atoms with Gasteiger partial charge in [0.15, 0.2) is 0 Å². The standard InChI is InChI=1S/C19H23NO4/c1-13-5-4-6-17(9-13)24-12-16(21)11-20-19(22)15-8-7-14(2)18(10-15)23-3/h4-10,16,21H,11-12H2,1-3H3,(H,20,22)/t16-/m1/s1. The van der Waals surface area contributed by atoms with Crippen LogP contribution in [0.15, 0.2) is 42.5 Å². The third-order valence-electron chi connectivity index (χ3n) is 3.60. The summed E-state index contributed by atoms with van der Waals surface area (Å²) in [6.45, 7) is 4.11. The van der Waals surface area contributed by atoms with Gasteiger partial charge in [-0.05, 0) is 49.2 Å². The van der Waals surface area contributed by atoms with Crippen molar-refractivity contribution in [2.45, 2.75) is 20.0 Å². The van der Waals surface area contributed by atoms with Gasteiger partial charge in [-0.2, -0.15) is 0 Å². The summed E-state index contributed by atoms with van der Waals surface area (Å²) >= 11 is 0. The third kappa shape index (κ3) is 4.99. The van der Waals surface area contributed by atoms with Gasteiger partial charge in [-0.25, -0.2) is 0 Å². The van der Waals surface area contributed by atoms with E-state index in [0.29, 0.717) is 17.1 Å². The molecule has 2 N–H and O–H groups in total. The minimum Gasteiger partial charge on any atom is -0.496 e.